The number of carbonyl (C=O) groups excluding carboxylic acids is 1. The zero-order chi connectivity index (χ0) is 18.8. The first-order chi connectivity index (χ1) is 11.5. The van der Waals surface area contributed by atoms with Gasteiger partial charge in [0.25, 0.3) is 0 Å². The lowest BCUT2D eigenvalue weighted by molar-refractivity contribution is -0.167. The summed E-state index contributed by atoms with van der Waals surface area (Å²) >= 11 is 0. The Kier molecular flexibility index (Phi) is 4.96. The van der Waals surface area contributed by atoms with Crippen LogP contribution in [-0.4, -0.2) is 19.1 Å². The van der Waals surface area contributed by atoms with Gasteiger partial charge in [-0.3, -0.25) is 4.79 Å². The van der Waals surface area contributed by atoms with Crippen molar-refractivity contribution in [1.29, 1.82) is 0 Å². The Labute approximate surface area is 138 Å². The first-order valence-electron chi connectivity index (χ1n) is 6.88. The SMILES string of the molecule is CN(c1ccccc1)c1ccc(C(F)(F)F)cc1NC(=O)C(F)(F)F. The number of anilines is 3. The first-order valence-corrected chi connectivity index (χ1v) is 6.88. The maximum Gasteiger partial charge on any atom is 0.471 e. The summed E-state index contributed by atoms with van der Waals surface area (Å²) in [5.74, 6) is -2.35. The number of nitrogens with one attached hydrogen (secondary N) is 1. The summed E-state index contributed by atoms with van der Waals surface area (Å²) in [5, 5.41) is 1.51. The van der Waals surface area contributed by atoms with E-state index in [-0.39, 0.29) is 5.69 Å². The van der Waals surface area contributed by atoms with Gasteiger partial charge in [-0.05, 0) is 30.3 Å². The molecule has 2 aromatic carbocycles. The van der Waals surface area contributed by atoms with Gasteiger partial charge in [-0.1, -0.05) is 18.2 Å². The Morgan fingerprint density at radius 1 is 0.960 bits per heavy atom. The minimum absolute atomic E-state index is 0.0169. The molecule has 0 saturated heterocycles. The van der Waals surface area contributed by atoms with Crippen LogP contribution in [0, 0.1) is 0 Å². The van der Waals surface area contributed by atoms with E-state index in [1.807, 2.05) is 0 Å². The van der Waals surface area contributed by atoms with Gasteiger partial charge in [0.2, 0.25) is 0 Å². The summed E-state index contributed by atoms with van der Waals surface area (Å²) < 4.78 is 76.0. The van der Waals surface area contributed by atoms with Crippen LogP contribution in [0.15, 0.2) is 48.5 Å². The molecule has 0 aromatic heterocycles. The number of alkyl halides is 6. The minimum atomic E-state index is -5.23. The fourth-order valence-electron chi connectivity index (χ4n) is 2.09. The molecule has 0 radical (unpaired) electrons. The second-order valence-electron chi connectivity index (χ2n) is 5.08. The molecule has 1 amide bonds. The molecule has 0 bridgehead atoms. The molecule has 25 heavy (non-hydrogen) atoms. The van der Waals surface area contributed by atoms with E-state index in [9.17, 15) is 31.1 Å². The highest BCUT2D eigenvalue weighted by Crippen LogP contribution is 2.37. The zero-order valence-corrected chi connectivity index (χ0v) is 12.7. The van der Waals surface area contributed by atoms with Crippen LogP contribution in [0.5, 0.6) is 0 Å². The molecule has 134 valence electrons. The Bertz CT molecular complexity index is 755. The highest BCUT2D eigenvalue weighted by atomic mass is 19.4. The summed E-state index contributed by atoms with van der Waals surface area (Å²) in [4.78, 5) is 12.5. The van der Waals surface area contributed by atoms with Crippen LogP contribution in [0.4, 0.5) is 43.4 Å². The number of carbonyl (C=O) groups is 1. The van der Waals surface area contributed by atoms with Crippen LogP contribution in [0.1, 0.15) is 5.56 Å². The van der Waals surface area contributed by atoms with Gasteiger partial charge in [0, 0.05) is 12.7 Å². The highest BCUT2D eigenvalue weighted by Gasteiger charge is 2.39. The molecule has 0 aliphatic carbocycles. The number of amides is 1. The third kappa shape index (κ3) is 4.43. The van der Waals surface area contributed by atoms with Crippen molar-refractivity contribution in [2.45, 2.75) is 12.4 Å². The summed E-state index contributed by atoms with van der Waals surface area (Å²) in [6.45, 7) is 0. The van der Waals surface area contributed by atoms with Crippen molar-refractivity contribution in [3.8, 4) is 0 Å². The second-order valence-corrected chi connectivity index (χ2v) is 5.08. The molecule has 2 rings (SSSR count). The van der Waals surface area contributed by atoms with E-state index in [1.165, 1.54) is 17.3 Å². The third-order valence-electron chi connectivity index (χ3n) is 3.33. The van der Waals surface area contributed by atoms with E-state index in [4.69, 9.17) is 0 Å². The van der Waals surface area contributed by atoms with E-state index in [2.05, 4.69) is 0 Å². The molecule has 0 aliphatic heterocycles. The number of benzene rings is 2. The van der Waals surface area contributed by atoms with E-state index in [1.54, 1.807) is 30.3 Å². The van der Waals surface area contributed by atoms with Crippen molar-refractivity contribution in [3.63, 3.8) is 0 Å². The van der Waals surface area contributed by atoms with E-state index in [0.29, 0.717) is 11.8 Å². The Morgan fingerprint density at radius 3 is 2.08 bits per heavy atom. The smallest absolute Gasteiger partial charge is 0.343 e. The van der Waals surface area contributed by atoms with Crippen LogP contribution in [0.25, 0.3) is 0 Å². The average Bonchev–Trinajstić information content (AvgIpc) is 2.53. The standard InChI is InChI=1S/C16H12F6N2O/c1-24(11-5-3-2-4-6-11)13-8-7-10(15(17,18)19)9-12(13)23-14(25)16(20,21)22/h2-9H,1H3,(H,23,25). The third-order valence-corrected chi connectivity index (χ3v) is 3.33. The molecule has 0 aliphatic rings. The van der Waals surface area contributed by atoms with Crippen LogP contribution in [0.2, 0.25) is 0 Å². The van der Waals surface area contributed by atoms with Crippen LogP contribution >= 0.6 is 0 Å². The molecule has 9 heteroatoms. The number of hydrogen-bond acceptors (Lipinski definition) is 2. The van der Waals surface area contributed by atoms with Crippen molar-refractivity contribution in [3.05, 3.63) is 54.1 Å². The molecule has 3 nitrogen and oxygen atoms in total. The van der Waals surface area contributed by atoms with Crippen molar-refractivity contribution in [2.75, 3.05) is 17.3 Å². The summed E-state index contributed by atoms with van der Waals surface area (Å²) in [5.41, 5.74) is -1.26. The van der Waals surface area contributed by atoms with Crippen LogP contribution < -0.4 is 10.2 Å². The maximum absolute atomic E-state index is 12.8. The van der Waals surface area contributed by atoms with Gasteiger partial charge in [0.05, 0.1) is 16.9 Å². The predicted molar refractivity (Wildman–Crippen MR) is 80.6 cm³/mol. The monoisotopic (exact) mass is 362 g/mol. The molecule has 0 spiro atoms. The highest BCUT2D eigenvalue weighted by molar-refractivity contribution is 5.98. The normalized spacial score (nSPS) is 12.0. The number of halogens is 6. The number of nitrogens with zero attached hydrogens (tertiary/aromatic N) is 1. The first kappa shape index (κ1) is 18.6. The Hall–Kier alpha value is -2.71. The van der Waals surface area contributed by atoms with Crippen LogP contribution in [0.3, 0.4) is 0 Å². The quantitative estimate of drug-likeness (QED) is 0.782. The fraction of sp³-hybridized carbons (Fsp3) is 0.188. The molecule has 0 unspecified atom stereocenters. The Balaban J connectivity index is 2.49. The van der Waals surface area contributed by atoms with E-state index < -0.39 is 29.5 Å². The largest absolute Gasteiger partial charge is 0.471 e. The van der Waals surface area contributed by atoms with Crippen molar-refractivity contribution in [1.82, 2.24) is 0 Å². The predicted octanol–water partition coefficient (Wildman–Crippen LogP) is 4.97. The van der Waals surface area contributed by atoms with Crippen molar-refractivity contribution >= 4 is 23.0 Å². The fourth-order valence-corrected chi connectivity index (χ4v) is 2.09. The van der Waals surface area contributed by atoms with Gasteiger partial charge in [-0.25, -0.2) is 0 Å². The Morgan fingerprint density at radius 2 is 1.56 bits per heavy atom. The van der Waals surface area contributed by atoms with Crippen molar-refractivity contribution < 1.29 is 31.1 Å². The summed E-state index contributed by atoms with van der Waals surface area (Å²) in [7, 11) is 1.46. The lowest BCUT2D eigenvalue weighted by atomic mass is 10.1. The topological polar surface area (TPSA) is 32.3 Å². The van der Waals surface area contributed by atoms with Gasteiger partial charge in [0.15, 0.2) is 0 Å². The second kappa shape index (κ2) is 6.66. The van der Waals surface area contributed by atoms with Gasteiger partial charge in [0.1, 0.15) is 0 Å². The molecule has 2 aromatic rings. The van der Waals surface area contributed by atoms with Gasteiger partial charge >= 0.3 is 18.3 Å². The van der Waals surface area contributed by atoms with Crippen molar-refractivity contribution in [2.24, 2.45) is 0 Å². The molecule has 0 fully saturated rings. The van der Waals surface area contributed by atoms with Gasteiger partial charge in [-0.2, -0.15) is 26.3 Å². The number of hydrogen-bond donors (Lipinski definition) is 1. The zero-order valence-electron chi connectivity index (χ0n) is 12.7. The number of rotatable bonds is 3. The molecular formula is C16H12F6N2O. The van der Waals surface area contributed by atoms with E-state index in [0.717, 1.165) is 12.1 Å². The lowest BCUT2D eigenvalue weighted by Crippen LogP contribution is -2.30. The van der Waals surface area contributed by atoms with Gasteiger partial charge in [-0.15, -0.1) is 0 Å². The van der Waals surface area contributed by atoms with Crippen LogP contribution in [-0.2, 0) is 11.0 Å². The summed E-state index contributed by atoms with van der Waals surface area (Å²) in [6, 6.07) is 10.5. The minimum Gasteiger partial charge on any atom is -0.343 e. The molecule has 1 N–H and O–H groups in total. The average molecular weight is 362 g/mol. The molecule has 0 atom stereocenters. The van der Waals surface area contributed by atoms with E-state index >= 15 is 0 Å². The maximum atomic E-state index is 12.8. The van der Waals surface area contributed by atoms with Gasteiger partial charge < -0.3 is 10.2 Å². The molecule has 0 saturated carbocycles. The molecule has 0 heterocycles. The number of para-hydroxylation sites is 1. The lowest BCUT2D eigenvalue weighted by Gasteiger charge is -2.24. The molecular weight excluding hydrogens is 350 g/mol. The summed E-state index contributed by atoms with van der Waals surface area (Å²) in [6.07, 6.45) is -9.99.